The van der Waals surface area contributed by atoms with Crippen LogP contribution in [0.5, 0.6) is 0 Å². The van der Waals surface area contributed by atoms with E-state index in [1.54, 1.807) is 0 Å². The zero-order valence-corrected chi connectivity index (χ0v) is 26.0. The monoisotopic (exact) mass is 570 g/mol. The van der Waals surface area contributed by atoms with Crippen LogP contribution in [0.25, 0.3) is 61.3 Å². The van der Waals surface area contributed by atoms with E-state index in [0.717, 1.165) is 11.4 Å². The minimum Gasteiger partial charge on any atom is -0.310 e. The largest absolute Gasteiger partial charge is 0.310 e. The Bertz CT molecular complexity index is 2120. The lowest BCUT2D eigenvalue weighted by molar-refractivity contribution is 1.09. The molecule has 2 heteroatoms. The second-order valence-corrected chi connectivity index (χ2v) is 11.1. The second-order valence-electron chi connectivity index (χ2n) is 11.1. The van der Waals surface area contributed by atoms with Crippen molar-refractivity contribution in [3.63, 3.8) is 0 Å². The molecule has 0 radical (unpaired) electrons. The molecular weight excluding hydrogens is 532 g/mol. The minimum absolute atomic E-state index is 1.14. The molecule has 0 unspecified atom stereocenters. The number of benzene rings is 5. The summed E-state index contributed by atoms with van der Waals surface area (Å²) in [5, 5.41) is 3.79. The van der Waals surface area contributed by atoms with Gasteiger partial charge in [-0.05, 0) is 99.0 Å². The van der Waals surface area contributed by atoms with Crippen molar-refractivity contribution in [1.29, 1.82) is 0 Å². The van der Waals surface area contributed by atoms with Crippen molar-refractivity contribution in [2.24, 2.45) is 0 Å². The fourth-order valence-corrected chi connectivity index (χ4v) is 6.15. The molecule has 216 valence electrons. The average molecular weight is 571 g/mol. The van der Waals surface area contributed by atoms with E-state index in [1.165, 1.54) is 60.7 Å². The molecule has 0 fully saturated rings. The Labute approximate surface area is 260 Å². The summed E-state index contributed by atoms with van der Waals surface area (Å²) in [6, 6.07) is 43.1. The van der Waals surface area contributed by atoms with Gasteiger partial charge in [0.25, 0.3) is 0 Å². The van der Waals surface area contributed by atoms with Gasteiger partial charge in [0, 0.05) is 33.2 Å². The van der Waals surface area contributed by atoms with Crippen LogP contribution in [0.3, 0.4) is 0 Å². The molecular formula is C42H38N2. The molecule has 2 nitrogen and oxygen atoms in total. The zero-order chi connectivity index (χ0) is 30.6. The quantitative estimate of drug-likeness (QED) is 0.182. The Morgan fingerprint density at radius 3 is 1.82 bits per heavy atom. The normalized spacial score (nSPS) is 11.8. The topological polar surface area (TPSA) is 9.86 Å². The number of allylic oxidation sites excluding steroid dienone is 4. The Hall–Kier alpha value is -5.34. The minimum atomic E-state index is 1.14. The van der Waals surface area contributed by atoms with E-state index < -0.39 is 0 Å². The van der Waals surface area contributed by atoms with E-state index in [4.69, 9.17) is 0 Å². The first-order valence-electron chi connectivity index (χ1n) is 15.2. The summed E-state index contributed by atoms with van der Waals surface area (Å²) in [6.07, 6.45) is 8.42. The first-order chi connectivity index (χ1) is 21.5. The van der Waals surface area contributed by atoms with E-state index in [0.29, 0.717) is 0 Å². The average Bonchev–Trinajstić information content (AvgIpc) is 3.55. The maximum atomic E-state index is 4.14. The molecule has 0 saturated carbocycles. The summed E-state index contributed by atoms with van der Waals surface area (Å²) < 4.78 is 4.68. The molecule has 0 saturated heterocycles. The van der Waals surface area contributed by atoms with Crippen molar-refractivity contribution in [2.75, 3.05) is 0 Å². The summed E-state index contributed by atoms with van der Waals surface area (Å²) in [5.74, 6) is 0. The van der Waals surface area contributed by atoms with Gasteiger partial charge in [-0.2, -0.15) is 0 Å². The number of hydrogen-bond acceptors (Lipinski definition) is 0. The van der Waals surface area contributed by atoms with Crippen LogP contribution in [0.15, 0.2) is 146 Å². The van der Waals surface area contributed by atoms with Gasteiger partial charge in [-0.25, -0.2) is 0 Å². The number of hydrogen-bond donors (Lipinski definition) is 0. The van der Waals surface area contributed by atoms with Crippen molar-refractivity contribution in [2.45, 2.75) is 27.7 Å². The van der Waals surface area contributed by atoms with E-state index >= 15 is 0 Å². The summed E-state index contributed by atoms with van der Waals surface area (Å²) in [6.45, 7) is 12.6. The van der Waals surface area contributed by atoms with Gasteiger partial charge in [-0.1, -0.05) is 103 Å². The molecule has 0 aliphatic rings. The van der Waals surface area contributed by atoms with Crippen LogP contribution < -0.4 is 0 Å². The Balaban J connectivity index is 0.000000513. The Kier molecular flexibility index (Phi) is 8.16. The van der Waals surface area contributed by atoms with E-state index in [1.807, 2.05) is 42.5 Å². The van der Waals surface area contributed by atoms with Crippen LogP contribution in [0.1, 0.15) is 30.7 Å². The van der Waals surface area contributed by atoms with E-state index in [2.05, 4.69) is 147 Å². The van der Waals surface area contributed by atoms with Crippen molar-refractivity contribution >= 4 is 44.5 Å². The standard InChI is InChI=1S/C36H32N2.C6H6/c1-6-11-28(7-2)37-34-13-10-9-12-30(34)32-23-27(17-21-36(32)37)26-16-20-35-31(22-26)25(5)33(8-3)38(35)29-18-14-24(4)15-19-29;1-2-4-6-5-3-1/h6-23H,3H2,1-2,4-5H3;1-6H/b11-6-,28-7+;. The molecule has 0 bridgehead atoms. The molecule has 44 heavy (non-hydrogen) atoms. The first kappa shape index (κ1) is 28.8. The molecule has 0 aliphatic heterocycles. The molecule has 7 aromatic rings. The number of fused-ring (bicyclic) bond motifs is 4. The number of nitrogens with zero attached hydrogens (tertiary/aromatic N) is 2. The van der Waals surface area contributed by atoms with Crippen molar-refractivity contribution in [3.8, 4) is 16.8 Å². The predicted octanol–water partition coefficient (Wildman–Crippen LogP) is 11.8. The van der Waals surface area contributed by atoms with E-state index in [-0.39, 0.29) is 0 Å². The molecule has 2 heterocycles. The lowest BCUT2D eigenvalue weighted by atomic mass is 10.0. The van der Waals surface area contributed by atoms with Crippen LogP contribution in [-0.2, 0) is 0 Å². The summed E-state index contributed by atoms with van der Waals surface area (Å²) in [7, 11) is 0. The van der Waals surface area contributed by atoms with Gasteiger partial charge in [0.15, 0.2) is 0 Å². The summed E-state index contributed by atoms with van der Waals surface area (Å²) >= 11 is 0. The maximum Gasteiger partial charge on any atom is 0.0541 e. The molecule has 5 aromatic carbocycles. The van der Waals surface area contributed by atoms with Crippen molar-refractivity contribution in [3.05, 3.63) is 163 Å². The molecule has 2 aromatic heterocycles. The number of rotatable bonds is 5. The highest BCUT2D eigenvalue weighted by molar-refractivity contribution is 6.11. The highest BCUT2D eigenvalue weighted by atomic mass is 15.0. The molecule has 0 aliphatic carbocycles. The van der Waals surface area contributed by atoms with Gasteiger partial charge in [0.05, 0.1) is 16.6 Å². The van der Waals surface area contributed by atoms with Crippen LogP contribution in [-0.4, -0.2) is 9.13 Å². The highest BCUT2D eigenvalue weighted by Gasteiger charge is 2.16. The van der Waals surface area contributed by atoms with Gasteiger partial charge in [0.2, 0.25) is 0 Å². The van der Waals surface area contributed by atoms with Crippen LogP contribution >= 0.6 is 0 Å². The fraction of sp³-hybridized carbons (Fsp3) is 0.0952. The van der Waals surface area contributed by atoms with Crippen molar-refractivity contribution in [1.82, 2.24) is 9.13 Å². The maximum absolute atomic E-state index is 4.14. The van der Waals surface area contributed by atoms with Crippen LogP contribution in [0.2, 0.25) is 0 Å². The number of aryl methyl sites for hydroxylation is 2. The fourth-order valence-electron chi connectivity index (χ4n) is 6.15. The smallest absolute Gasteiger partial charge is 0.0541 e. The van der Waals surface area contributed by atoms with E-state index in [9.17, 15) is 0 Å². The van der Waals surface area contributed by atoms with Crippen LogP contribution in [0, 0.1) is 13.8 Å². The lowest BCUT2D eigenvalue weighted by Gasteiger charge is -2.10. The molecule has 0 N–H and O–H groups in total. The number of aromatic nitrogens is 2. The molecule has 0 amide bonds. The van der Waals surface area contributed by atoms with Crippen molar-refractivity contribution < 1.29 is 0 Å². The van der Waals surface area contributed by atoms with Crippen LogP contribution in [0.4, 0.5) is 0 Å². The van der Waals surface area contributed by atoms with Gasteiger partial charge in [-0.15, -0.1) is 0 Å². The van der Waals surface area contributed by atoms with Gasteiger partial charge >= 0.3 is 0 Å². The van der Waals surface area contributed by atoms with Gasteiger partial charge in [0.1, 0.15) is 0 Å². The molecule has 0 spiro atoms. The molecule has 7 rings (SSSR count). The van der Waals surface area contributed by atoms with Gasteiger partial charge in [-0.3, -0.25) is 0 Å². The third-order valence-corrected chi connectivity index (χ3v) is 8.32. The third kappa shape index (κ3) is 5.20. The number of para-hydroxylation sites is 1. The second kappa shape index (κ2) is 12.5. The highest BCUT2D eigenvalue weighted by Crippen LogP contribution is 2.37. The summed E-state index contributed by atoms with van der Waals surface area (Å²) in [4.78, 5) is 0. The lowest BCUT2D eigenvalue weighted by Crippen LogP contribution is -1.96. The predicted molar refractivity (Wildman–Crippen MR) is 192 cm³/mol. The summed E-state index contributed by atoms with van der Waals surface area (Å²) in [5.41, 5.74) is 12.1. The Morgan fingerprint density at radius 2 is 1.20 bits per heavy atom. The van der Waals surface area contributed by atoms with Gasteiger partial charge < -0.3 is 9.13 Å². The first-order valence-corrected chi connectivity index (χ1v) is 15.2. The SMILES string of the molecule is C=Cc1c(C)c2cc(-c3ccc4c(c3)c3ccccc3n4C(/C=C\C)=C/C)ccc2n1-c1ccc(C)cc1.c1ccccc1. The Morgan fingerprint density at radius 1 is 0.614 bits per heavy atom. The molecule has 0 atom stereocenters. The zero-order valence-electron chi connectivity index (χ0n) is 26.0. The third-order valence-electron chi connectivity index (χ3n) is 8.32.